The highest BCUT2D eigenvalue weighted by Gasteiger charge is 2.13. The van der Waals surface area contributed by atoms with Gasteiger partial charge in [-0.2, -0.15) is 0 Å². The van der Waals surface area contributed by atoms with E-state index in [0.717, 1.165) is 6.42 Å². The van der Waals surface area contributed by atoms with E-state index < -0.39 is 10.0 Å². The van der Waals surface area contributed by atoms with Crippen molar-refractivity contribution in [1.82, 2.24) is 4.72 Å². The highest BCUT2D eigenvalue weighted by atomic mass is 79.9. The molecule has 74 valence electrons. The molecular weight excluding hydrogens is 242 g/mol. The van der Waals surface area contributed by atoms with E-state index in [0.29, 0.717) is 5.92 Å². The standard InChI is InChI=1S/C7H16BrNO2S/c1-6(2)4-7(3)9-12(10,11)5-8/h6-7,9H,4-5H2,1-3H3. The fourth-order valence-electron chi connectivity index (χ4n) is 1.09. The zero-order valence-corrected chi connectivity index (χ0v) is 10.1. The molecule has 0 bridgehead atoms. The second kappa shape index (κ2) is 5.19. The Hall–Kier alpha value is 0.390. The number of hydrogen-bond donors (Lipinski definition) is 1. The molecule has 0 aliphatic rings. The molecule has 1 atom stereocenters. The predicted octanol–water partition coefficient (Wildman–Crippen LogP) is 1.69. The molecule has 0 aliphatic heterocycles. The summed E-state index contributed by atoms with van der Waals surface area (Å²) >= 11 is 2.92. The number of alkyl halides is 1. The molecule has 0 saturated carbocycles. The van der Waals surface area contributed by atoms with Crippen molar-refractivity contribution in [2.24, 2.45) is 5.92 Å². The first kappa shape index (κ1) is 12.4. The van der Waals surface area contributed by atoms with Crippen molar-refractivity contribution in [2.75, 3.05) is 4.66 Å². The lowest BCUT2D eigenvalue weighted by Crippen LogP contribution is -2.33. The maximum absolute atomic E-state index is 11.0. The summed E-state index contributed by atoms with van der Waals surface area (Å²) in [4.78, 5) is 0. The third-order valence-electron chi connectivity index (χ3n) is 1.35. The first-order valence-corrected chi connectivity index (χ1v) is 6.70. The van der Waals surface area contributed by atoms with Gasteiger partial charge in [0.25, 0.3) is 0 Å². The average molecular weight is 258 g/mol. The topological polar surface area (TPSA) is 46.2 Å². The number of halogens is 1. The minimum absolute atomic E-state index is 0.0209. The van der Waals surface area contributed by atoms with Gasteiger partial charge >= 0.3 is 0 Å². The van der Waals surface area contributed by atoms with Gasteiger partial charge in [-0.15, -0.1) is 0 Å². The largest absolute Gasteiger partial charge is 0.221 e. The Morgan fingerprint density at radius 2 is 1.83 bits per heavy atom. The molecule has 1 unspecified atom stereocenters. The van der Waals surface area contributed by atoms with E-state index in [9.17, 15) is 8.42 Å². The summed E-state index contributed by atoms with van der Waals surface area (Å²) in [6.45, 7) is 6.01. The van der Waals surface area contributed by atoms with E-state index in [2.05, 4.69) is 34.5 Å². The van der Waals surface area contributed by atoms with Crippen LogP contribution in [-0.2, 0) is 10.0 Å². The van der Waals surface area contributed by atoms with Gasteiger partial charge in [-0.1, -0.05) is 29.8 Å². The molecule has 12 heavy (non-hydrogen) atoms. The average Bonchev–Trinajstić information content (AvgIpc) is 1.84. The van der Waals surface area contributed by atoms with Crippen molar-refractivity contribution < 1.29 is 8.42 Å². The molecule has 0 heterocycles. The van der Waals surface area contributed by atoms with Crippen molar-refractivity contribution in [2.45, 2.75) is 33.2 Å². The quantitative estimate of drug-likeness (QED) is 0.763. The Labute approximate surface area is 83.1 Å². The second-order valence-corrected chi connectivity index (χ2v) is 6.43. The Bertz CT molecular complexity index is 213. The summed E-state index contributed by atoms with van der Waals surface area (Å²) in [5.41, 5.74) is 0. The maximum atomic E-state index is 11.0. The van der Waals surface area contributed by atoms with Crippen molar-refractivity contribution >= 4 is 26.0 Å². The highest BCUT2D eigenvalue weighted by molar-refractivity contribution is 9.10. The Morgan fingerprint density at radius 1 is 1.33 bits per heavy atom. The first-order valence-electron chi connectivity index (χ1n) is 3.93. The van der Waals surface area contributed by atoms with Gasteiger partial charge in [0.05, 0.1) is 0 Å². The molecule has 0 saturated heterocycles. The van der Waals surface area contributed by atoms with Crippen LogP contribution in [0.25, 0.3) is 0 Å². The summed E-state index contributed by atoms with van der Waals surface area (Å²) in [6, 6.07) is 0.0209. The van der Waals surface area contributed by atoms with Gasteiger partial charge in [-0.25, -0.2) is 13.1 Å². The Balaban J connectivity index is 3.93. The normalized spacial score (nSPS) is 15.1. The molecule has 3 nitrogen and oxygen atoms in total. The highest BCUT2D eigenvalue weighted by Crippen LogP contribution is 2.05. The predicted molar refractivity (Wildman–Crippen MR) is 54.8 cm³/mol. The third-order valence-corrected chi connectivity index (χ3v) is 4.21. The van der Waals surface area contributed by atoms with Crippen molar-refractivity contribution in [3.63, 3.8) is 0 Å². The summed E-state index contributed by atoms with van der Waals surface area (Å²) in [5.74, 6) is 0.512. The smallest absolute Gasteiger partial charge is 0.212 e. The summed E-state index contributed by atoms with van der Waals surface area (Å²) in [6.07, 6.45) is 0.867. The van der Waals surface area contributed by atoms with Crippen molar-refractivity contribution in [1.29, 1.82) is 0 Å². The lowest BCUT2D eigenvalue weighted by Gasteiger charge is -2.14. The maximum Gasteiger partial charge on any atom is 0.221 e. The zero-order chi connectivity index (χ0) is 9.78. The van der Waals surface area contributed by atoms with E-state index in [1.54, 1.807) is 0 Å². The Morgan fingerprint density at radius 3 is 2.17 bits per heavy atom. The fraction of sp³-hybridized carbons (Fsp3) is 1.00. The van der Waals surface area contributed by atoms with Crippen LogP contribution in [0.1, 0.15) is 27.2 Å². The van der Waals surface area contributed by atoms with Gasteiger partial charge in [-0.3, -0.25) is 0 Å². The fourth-order valence-corrected chi connectivity index (χ4v) is 2.26. The van der Waals surface area contributed by atoms with Crippen molar-refractivity contribution in [3.05, 3.63) is 0 Å². The molecule has 5 heteroatoms. The zero-order valence-electron chi connectivity index (χ0n) is 7.67. The van der Waals surface area contributed by atoms with Gasteiger partial charge in [-0.05, 0) is 19.3 Å². The molecule has 0 fully saturated rings. The van der Waals surface area contributed by atoms with Crippen LogP contribution < -0.4 is 4.72 Å². The summed E-state index contributed by atoms with van der Waals surface area (Å²) < 4.78 is 24.6. The number of nitrogens with one attached hydrogen (secondary N) is 1. The van der Waals surface area contributed by atoms with Crippen LogP contribution in [0.4, 0.5) is 0 Å². The minimum Gasteiger partial charge on any atom is -0.212 e. The van der Waals surface area contributed by atoms with Crippen LogP contribution in [0.5, 0.6) is 0 Å². The van der Waals surface area contributed by atoms with E-state index >= 15 is 0 Å². The second-order valence-electron chi connectivity index (χ2n) is 3.37. The van der Waals surface area contributed by atoms with Crippen molar-refractivity contribution in [3.8, 4) is 0 Å². The molecule has 0 aromatic heterocycles. The molecule has 1 N–H and O–H groups in total. The Kier molecular flexibility index (Phi) is 5.36. The van der Waals surface area contributed by atoms with Crippen LogP contribution >= 0.6 is 15.9 Å². The van der Waals surface area contributed by atoms with Crippen LogP contribution in [0.2, 0.25) is 0 Å². The van der Waals surface area contributed by atoms with Gasteiger partial charge in [0.15, 0.2) is 0 Å². The SMILES string of the molecule is CC(C)CC(C)NS(=O)(=O)CBr. The summed E-state index contributed by atoms with van der Waals surface area (Å²) in [5, 5.41) is 0. The number of hydrogen-bond acceptors (Lipinski definition) is 2. The van der Waals surface area contributed by atoms with Gasteiger partial charge in [0.1, 0.15) is 4.66 Å². The monoisotopic (exact) mass is 257 g/mol. The molecule has 0 amide bonds. The molecule has 0 radical (unpaired) electrons. The molecule has 0 aromatic rings. The van der Waals surface area contributed by atoms with Crippen LogP contribution in [-0.4, -0.2) is 19.1 Å². The molecule has 0 aliphatic carbocycles. The molecule has 0 rings (SSSR count). The van der Waals surface area contributed by atoms with Gasteiger partial charge in [0, 0.05) is 6.04 Å². The third kappa shape index (κ3) is 5.97. The van der Waals surface area contributed by atoms with E-state index in [1.807, 2.05) is 6.92 Å². The lowest BCUT2D eigenvalue weighted by molar-refractivity contribution is 0.484. The van der Waals surface area contributed by atoms with Gasteiger partial charge < -0.3 is 0 Å². The molecule has 0 aromatic carbocycles. The van der Waals surface area contributed by atoms with E-state index in [-0.39, 0.29) is 10.7 Å². The van der Waals surface area contributed by atoms with E-state index in [4.69, 9.17) is 0 Å². The summed E-state index contributed by atoms with van der Waals surface area (Å²) in [7, 11) is -3.10. The lowest BCUT2D eigenvalue weighted by atomic mass is 10.1. The van der Waals surface area contributed by atoms with Crippen LogP contribution in [0, 0.1) is 5.92 Å². The van der Waals surface area contributed by atoms with Gasteiger partial charge in [0.2, 0.25) is 10.0 Å². The first-order chi connectivity index (χ1) is 5.37. The van der Waals surface area contributed by atoms with Crippen LogP contribution in [0.3, 0.4) is 0 Å². The molecular formula is C7H16BrNO2S. The minimum atomic E-state index is -3.10. The van der Waals surface area contributed by atoms with Crippen LogP contribution in [0.15, 0.2) is 0 Å². The number of rotatable bonds is 5. The number of sulfonamides is 1. The molecule has 0 spiro atoms. The van der Waals surface area contributed by atoms with E-state index in [1.165, 1.54) is 0 Å².